The van der Waals surface area contributed by atoms with Crippen molar-refractivity contribution in [3.05, 3.63) is 39.8 Å². The summed E-state index contributed by atoms with van der Waals surface area (Å²) in [6.45, 7) is 3.33. The van der Waals surface area contributed by atoms with Crippen molar-refractivity contribution >= 4 is 34.5 Å². The van der Waals surface area contributed by atoms with Gasteiger partial charge in [0.15, 0.2) is 0 Å². The number of amides is 2. The molecule has 2 aromatic rings. The second-order valence-corrected chi connectivity index (χ2v) is 6.48. The van der Waals surface area contributed by atoms with Crippen molar-refractivity contribution in [1.29, 1.82) is 0 Å². The number of thiazole rings is 1. The van der Waals surface area contributed by atoms with Crippen molar-refractivity contribution < 1.29 is 9.59 Å². The number of benzene rings is 1. The van der Waals surface area contributed by atoms with Crippen molar-refractivity contribution in [2.75, 3.05) is 10.6 Å². The predicted molar refractivity (Wildman–Crippen MR) is 87.5 cm³/mol. The Morgan fingerprint density at radius 1 is 1.14 bits per heavy atom. The number of carbonyl (C=O) groups excluding carboxylic acids is 2. The monoisotopic (exact) mass is 315 g/mol. The van der Waals surface area contributed by atoms with E-state index in [1.54, 1.807) is 24.3 Å². The van der Waals surface area contributed by atoms with Crippen molar-refractivity contribution in [2.45, 2.75) is 32.6 Å². The van der Waals surface area contributed by atoms with E-state index in [-0.39, 0.29) is 11.8 Å². The molecule has 0 atom stereocenters. The van der Waals surface area contributed by atoms with Gasteiger partial charge in [-0.2, -0.15) is 0 Å². The molecule has 1 fully saturated rings. The van der Waals surface area contributed by atoms with Crippen LogP contribution >= 0.6 is 11.3 Å². The summed E-state index contributed by atoms with van der Waals surface area (Å²) < 4.78 is 0. The van der Waals surface area contributed by atoms with Crippen LogP contribution in [0.5, 0.6) is 0 Å². The Labute approximate surface area is 132 Å². The Bertz CT molecular complexity index is 717. The summed E-state index contributed by atoms with van der Waals surface area (Å²) in [4.78, 5) is 28.5. The largest absolute Gasteiger partial charge is 0.326 e. The van der Waals surface area contributed by atoms with Gasteiger partial charge < -0.3 is 10.6 Å². The molecule has 1 aromatic carbocycles. The molecule has 1 aliphatic carbocycles. The van der Waals surface area contributed by atoms with Crippen molar-refractivity contribution in [1.82, 2.24) is 4.98 Å². The van der Waals surface area contributed by atoms with Gasteiger partial charge in [0.1, 0.15) is 4.88 Å². The zero-order chi connectivity index (χ0) is 15.7. The molecule has 1 aliphatic rings. The average molecular weight is 315 g/mol. The highest BCUT2D eigenvalue weighted by atomic mass is 32.1. The third-order valence-corrected chi connectivity index (χ3v) is 4.73. The summed E-state index contributed by atoms with van der Waals surface area (Å²) in [5, 5.41) is 6.63. The van der Waals surface area contributed by atoms with E-state index < -0.39 is 0 Å². The quantitative estimate of drug-likeness (QED) is 0.906. The molecule has 0 saturated heterocycles. The predicted octanol–water partition coefficient (Wildman–Crippen LogP) is 3.54. The molecule has 22 heavy (non-hydrogen) atoms. The van der Waals surface area contributed by atoms with Gasteiger partial charge in [0.2, 0.25) is 5.91 Å². The molecule has 0 spiro atoms. The minimum atomic E-state index is -0.130. The first-order valence-corrected chi connectivity index (χ1v) is 8.01. The lowest BCUT2D eigenvalue weighted by Crippen LogP contribution is -2.11. The standard InChI is InChI=1S/C16H17N3O2S/c1-9-14(22-16(17-9)11-3-4-11)15(21)19-13-7-5-12(6-8-13)18-10(2)20/h5-8,11H,3-4H2,1-2H3,(H,18,20)(H,19,21). The number of hydrogen-bond acceptors (Lipinski definition) is 4. The van der Waals surface area contributed by atoms with Gasteiger partial charge in [0, 0.05) is 24.2 Å². The normalized spacial score (nSPS) is 13.7. The molecule has 0 bridgehead atoms. The van der Waals surface area contributed by atoms with Crippen LogP contribution in [0.2, 0.25) is 0 Å². The lowest BCUT2D eigenvalue weighted by atomic mass is 10.2. The second kappa shape index (κ2) is 5.88. The Morgan fingerprint density at radius 2 is 1.73 bits per heavy atom. The van der Waals surface area contributed by atoms with Crippen molar-refractivity contribution in [2.24, 2.45) is 0 Å². The van der Waals surface area contributed by atoms with Gasteiger partial charge >= 0.3 is 0 Å². The van der Waals surface area contributed by atoms with E-state index in [2.05, 4.69) is 15.6 Å². The van der Waals surface area contributed by atoms with E-state index in [9.17, 15) is 9.59 Å². The summed E-state index contributed by atoms with van der Waals surface area (Å²) in [5.74, 6) is 0.307. The van der Waals surface area contributed by atoms with E-state index in [0.29, 0.717) is 22.2 Å². The maximum absolute atomic E-state index is 12.3. The number of nitrogens with zero attached hydrogens (tertiary/aromatic N) is 1. The minimum absolute atomic E-state index is 0.121. The van der Waals surface area contributed by atoms with Crippen molar-refractivity contribution in [3.8, 4) is 0 Å². The summed E-state index contributed by atoms with van der Waals surface area (Å²) in [6, 6.07) is 7.04. The van der Waals surface area contributed by atoms with Gasteiger partial charge in [-0.15, -0.1) is 11.3 Å². The fourth-order valence-corrected chi connectivity index (χ4v) is 3.29. The molecule has 5 nitrogen and oxygen atoms in total. The van der Waals surface area contributed by atoms with Gasteiger partial charge in [-0.05, 0) is 44.0 Å². The van der Waals surface area contributed by atoms with Gasteiger partial charge in [-0.3, -0.25) is 9.59 Å². The fourth-order valence-electron chi connectivity index (χ4n) is 2.16. The van der Waals surface area contributed by atoms with Gasteiger partial charge in [-0.25, -0.2) is 4.98 Å². The van der Waals surface area contributed by atoms with Crippen LogP contribution in [0.3, 0.4) is 0 Å². The molecule has 0 aliphatic heterocycles. The Kier molecular flexibility index (Phi) is 3.94. The molecule has 2 amide bonds. The van der Waals surface area contributed by atoms with E-state index in [4.69, 9.17) is 0 Å². The van der Waals surface area contributed by atoms with Crippen molar-refractivity contribution in [3.63, 3.8) is 0 Å². The van der Waals surface area contributed by atoms with Crippen LogP contribution in [0.15, 0.2) is 24.3 Å². The van der Waals surface area contributed by atoms with Gasteiger partial charge in [0.05, 0.1) is 10.7 Å². The molecule has 114 valence electrons. The van der Waals surface area contributed by atoms with Crippen LogP contribution in [0, 0.1) is 6.92 Å². The zero-order valence-electron chi connectivity index (χ0n) is 12.5. The third kappa shape index (κ3) is 3.33. The lowest BCUT2D eigenvalue weighted by Gasteiger charge is -2.06. The summed E-state index contributed by atoms with van der Waals surface area (Å²) in [5.41, 5.74) is 2.19. The van der Waals surface area contributed by atoms with Crippen LogP contribution in [-0.4, -0.2) is 16.8 Å². The molecule has 3 rings (SSSR count). The zero-order valence-corrected chi connectivity index (χ0v) is 13.3. The summed E-state index contributed by atoms with van der Waals surface area (Å²) in [7, 11) is 0. The Balaban J connectivity index is 1.69. The molecule has 1 heterocycles. The summed E-state index contributed by atoms with van der Waals surface area (Å²) >= 11 is 1.49. The number of nitrogens with one attached hydrogen (secondary N) is 2. The first-order chi connectivity index (χ1) is 10.5. The molecular formula is C16H17N3O2S. The van der Waals surface area contributed by atoms with Crippen LogP contribution in [-0.2, 0) is 4.79 Å². The molecule has 0 radical (unpaired) electrons. The number of aromatic nitrogens is 1. The first kappa shape index (κ1) is 14.7. The third-order valence-electron chi connectivity index (χ3n) is 3.41. The molecular weight excluding hydrogens is 298 g/mol. The van der Waals surface area contributed by atoms with Gasteiger partial charge in [0.25, 0.3) is 5.91 Å². The van der Waals surface area contributed by atoms with Crippen LogP contribution in [0.1, 0.15) is 46.1 Å². The number of anilines is 2. The number of hydrogen-bond donors (Lipinski definition) is 2. The van der Waals surface area contributed by atoms with E-state index in [0.717, 1.165) is 10.7 Å². The first-order valence-electron chi connectivity index (χ1n) is 7.19. The van der Waals surface area contributed by atoms with Gasteiger partial charge in [-0.1, -0.05) is 0 Å². The molecule has 2 N–H and O–H groups in total. The van der Waals surface area contributed by atoms with Crippen LogP contribution in [0.4, 0.5) is 11.4 Å². The Hall–Kier alpha value is -2.21. The average Bonchev–Trinajstić information content (AvgIpc) is 3.23. The molecule has 0 unspecified atom stereocenters. The Morgan fingerprint density at radius 3 is 2.27 bits per heavy atom. The van der Waals surface area contributed by atoms with E-state index in [1.807, 2.05) is 6.92 Å². The SMILES string of the molecule is CC(=O)Nc1ccc(NC(=O)c2sc(C3CC3)nc2C)cc1. The lowest BCUT2D eigenvalue weighted by molar-refractivity contribution is -0.114. The van der Waals surface area contributed by atoms with Crippen LogP contribution in [0.25, 0.3) is 0 Å². The maximum Gasteiger partial charge on any atom is 0.267 e. The van der Waals surface area contributed by atoms with E-state index in [1.165, 1.54) is 31.1 Å². The topological polar surface area (TPSA) is 71.1 Å². The van der Waals surface area contributed by atoms with E-state index >= 15 is 0 Å². The highest BCUT2D eigenvalue weighted by molar-refractivity contribution is 7.14. The maximum atomic E-state index is 12.3. The number of carbonyl (C=O) groups is 2. The molecule has 1 saturated carbocycles. The molecule has 6 heteroatoms. The molecule has 1 aromatic heterocycles. The fraction of sp³-hybridized carbons (Fsp3) is 0.312. The smallest absolute Gasteiger partial charge is 0.267 e. The van der Waals surface area contributed by atoms with Crippen LogP contribution < -0.4 is 10.6 Å². The second-order valence-electron chi connectivity index (χ2n) is 5.45. The highest BCUT2D eigenvalue weighted by Crippen LogP contribution is 2.42. The minimum Gasteiger partial charge on any atom is -0.326 e. The number of aryl methyl sites for hydroxylation is 1. The summed E-state index contributed by atoms with van der Waals surface area (Å²) in [6.07, 6.45) is 2.36. The highest BCUT2D eigenvalue weighted by Gasteiger charge is 2.28. The number of rotatable bonds is 4.